The standard InChI is InChI=1S/C22H23N3O3/c1-15-4-5-17-12-18(21(26)24-20(17)11-15)13-25(14-19-3-2-10-28-19)22(27)16-6-8-23-9-7-16/h4-9,11-12,19H,2-3,10,13-14H2,1H3,(H,24,26)/t19-/m0/s1. The van der Waals surface area contributed by atoms with E-state index < -0.39 is 0 Å². The Morgan fingerprint density at radius 2 is 2.07 bits per heavy atom. The number of ether oxygens (including phenoxy) is 1. The molecule has 1 aromatic carbocycles. The Hall–Kier alpha value is -2.99. The molecule has 0 radical (unpaired) electrons. The van der Waals surface area contributed by atoms with Gasteiger partial charge in [0.1, 0.15) is 0 Å². The van der Waals surface area contributed by atoms with Crippen molar-refractivity contribution in [1.82, 2.24) is 14.9 Å². The minimum absolute atomic E-state index is 0.00738. The molecule has 0 spiro atoms. The Morgan fingerprint density at radius 3 is 2.82 bits per heavy atom. The third-order valence-electron chi connectivity index (χ3n) is 5.10. The maximum atomic E-state index is 13.1. The van der Waals surface area contributed by atoms with E-state index in [4.69, 9.17) is 4.74 Å². The Morgan fingerprint density at radius 1 is 1.25 bits per heavy atom. The molecule has 144 valence electrons. The van der Waals surface area contributed by atoms with Crippen molar-refractivity contribution < 1.29 is 9.53 Å². The highest BCUT2D eigenvalue weighted by atomic mass is 16.5. The lowest BCUT2D eigenvalue weighted by Crippen LogP contribution is -2.38. The van der Waals surface area contributed by atoms with Crippen LogP contribution in [0.5, 0.6) is 0 Å². The number of carbonyl (C=O) groups excluding carboxylic acids is 1. The van der Waals surface area contributed by atoms with Crippen molar-refractivity contribution in [3.8, 4) is 0 Å². The van der Waals surface area contributed by atoms with Crippen molar-refractivity contribution in [2.75, 3.05) is 13.2 Å². The van der Waals surface area contributed by atoms with Crippen LogP contribution in [0.2, 0.25) is 0 Å². The van der Waals surface area contributed by atoms with E-state index in [1.807, 2.05) is 31.2 Å². The number of nitrogens with zero attached hydrogens (tertiary/aromatic N) is 2. The summed E-state index contributed by atoms with van der Waals surface area (Å²) in [7, 11) is 0. The van der Waals surface area contributed by atoms with Crippen molar-refractivity contribution in [2.24, 2.45) is 0 Å². The predicted molar refractivity (Wildman–Crippen MR) is 107 cm³/mol. The van der Waals surface area contributed by atoms with E-state index in [-0.39, 0.29) is 24.1 Å². The molecule has 1 aliphatic rings. The molecule has 1 aliphatic heterocycles. The molecule has 0 saturated carbocycles. The van der Waals surface area contributed by atoms with E-state index in [1.54, 1.807) is 29.4 Å². The Kier molecular flexibility index (Phi) is 5.21. The third kappa shape index (κ3) is 3.97. The number of aromatic amines is 1. The first-order valence-electron chi connectivity index (χ1n) is 9.53. The molecule has 1 N–H and O–H groups in total. The summed E-state index contributed by atoms with van der Waals surface area (Å²) < 4.78 is 5.73. The molecule has 6 heteroatoms. The van der Waals surface area contributed by atoms with Crippen molar-refractivity contribution in [1.29, 1.82) is 0 Å². The first kappa shape index (κ1) is 18.4. The van der Waals surface area contributed by atoms with Crippen molar-refractivity contribution in [3.63, 3.8) is 0 Å². The lowest BCUT2D eigenvalue weighted by atomic mass is 10.1. The van der Waals surface area contributed by atoms with E-state index in [0.29, 0.717) is 17.7 Å². The number of aromatic nitrogens is 2. The maximum Gasteiger partial charge on any atom is 0.254 e. The van der Waals surface area contributed by atoms with Gasteiger partial charge >= 0.3 is 0 Å². The smallest absolute Gasteiger partial charge is 0.254 e. The maximum absolute atomic E-state index is 13.1. The monoisotopic (exact) mass is 377 g/mol. The Labute approximate surface area is 163 Å². The topological polar surface area (TPSA) is 75.3 Å². The van der Waals surface area contributed by atoms with Crippen LogP contribution in [0.15, 0.2) is 53.6 Å². The van der Waals surface area contributed by atoms with Gasteiger partial charge in [0, 0.05) is 42.2 Å². The molecule has 1 atom stereocenters. The predicted octanol–water partition coefficient (Wildman–Crippen LogP) is 3.05. The van der Waals surface area contributed by atoms with Gasteiger partial charge in [-0.2, -0.15) is 0 Å². The van der Waals surface area contributed by atoms with Crippen molar-refractivity contribution in [2.45, 2.75) is 32.4 Å². The van der Waals surface area contributed by atoms with Gasteiger partial charge in [-0.3, -0.25) is 14.6 Å². The van der Waals surface area contributed by atoms with E-state index in [1.165, 1.54) is 0 Å². The summed E-state index contributed by atoms with van der Waals surface area (Å²) in [6, 6.07) is 11.2. The second-order valence-corrected chi connectivity index (χ2v) is 7.27. The first-order chi connectivity index (χ1) is 13.6. The summed E-state index contributed by atoms with van der Waals surface area (Å²) in [5, 5.41) is 0.952. The van der Waals surface area contributed by atoms with Crippen LogP contribution in [0.4, 0.5) is 0 Å². The molecule has 6 nitrogen and oxygen atoms in total. The number of fused-ring (bicyclic) bond motifs is 1. The van der Waals surface area contributed by atoms with Crippen LogP contribution >= 0.6 is 0 Å². The first-order valence-corrected chi connectivity index (χ1v) is 9.53. The fourth-order valence-electron chi connectivity index (χ4n) is 3.61. The van der Waals surface area contributed by atoms with Gasteiger partial charge in [0.05, 0.1) is 12.6 Å². The van der Waals surface area contributed by atoms with Crippen LogP contribution in [0.25, 0.3) is 10.9 Å². The summed E-state index contributed by atoms with van der Waals surface area (Å²) in [6.45, 7) is 3.41. The minimum Gasteiger partial charge on any atom is -0.376 e. The molecule has 28 heavy (non-hydrogen) atoms. The molecule has 3 heterocycles. The second-order valence-electron chi connectivity index (χ2n) is 7.27. The van der Waals surface area contributed by atoms with Gasteiger partial charge < -0.3 is 14.6 Å². The number of nitrogens with one attached hydrogen (secondary N) is 1. The molecule has 0 unspecified atom stereocenters. The second kappa shape index (κ2) is 7.94. The largest absolute Gasteiger partial charge is 0.376 e. The van der Waals surface area contributed by atoms with Crippen LogP contribution in [0.3, 0.4) is 0 Å². The van der Waals surface area contributed by atoms with Gasteiger partial charge in [-0.1, -0.05) is 12.1 Å². The van der Waals surface area contributed by atoms with Gasteiger partial charge in [0.2, 0.25) is 0 Å². The van der Waals surface area contributed by atoms with E-state index in [2.05, 4.69) is 9.97 Å². The average molecular weight is 377 g/mol. The molecule has 0 bridgehead atoms. The van der Waals surface area contributed by atoms with Crippen LogP contribution in [-0.4, -0.2) is 40.0 Å². The third-order valence-corrected chi connectivity index (χ3v) is 5.10. The SMILES string of the molecule is Cc1ccc2cc(CN(C[C@@H]3CCCO3)C(=O)c3ccncc3)c(=O)[nH]c2c1. The zero-order chi connectivity index (χ0) is 19.5. The Bertz CT molecular complexity index is 1040. The Balaban J connectivity index is 1.65. The number of H-pyrrole nitrogens is 1. The summed E-state index contributed by atoms with van der Waals surface area (Å²) >= 11 is 0. The molecule has 1 saturated heterocycles. The van der Waals surface area contributed by atoms with Gasteiger partial charge in [-0.15, -0.1) is 0 Å². The number of carbonyl (C=O) groups is 1. The summed E-state index contributed by atoms with van der Waals surface area (Å²) in [6.07, 6.45) is 5.13. The van der Waals surface area contributed by atoms with Crippen LogP contribution < -0.4 is 5.56 Å². The number of pyridine rings is 2. The van der Waals surface area contributed by atoms with Gasteiger partial charge in [0.25, 0.3) is 11.5 Å². The molecule has 0 aliphatic carbocycles. The van der Waals surface area contributed by atoms with Gasteiger partial charge in [-0.05, 0) is 55.0 Å². The average Bonchev–Trinajstić information content (AvgIpc) is 3.21. The van der Waals surface area contributed by atoms with Crippen molar-refractivity contribution >= 4 is 16.8 Å². The quantitative estimate of drug-likeness (QED) is 0.742. The summed E-state index contributed by atoms with van der Waals surface area (Å²) in [5.74, 6) is -0.124. The number of amides is 1. The minimum atomic E-state index is -0.169. The number of aryl methyl sites for hydroxylation is 1. The fraction of sp³-hybridized carbons (Fsp3) is 0.318. The fourth-order valence-corrected chi connectivity index (χ4v) is 3.61. The van der Waals surface area contributed by atoms with E-state index in [9.17, 15) is 9.59 Å². The number of benzene rings is 1. The highest BCUT2D eigenvalue weighted by Gasteiger charge is 2.24. The normalized spacial score (nSPS) is 16.4. The molecule has 1 amide bonds. The highest BCUT2D eigenvalue weighted by Crippen LogP contribution is 2.18. The molecule has 4 rings (SSSR count). The lowest BCUT2D eigenvalue weighted by Gasteiger charge is -2.25. The van der Waals surface area contributed by atoms with Crippen LogP contribution in [0, 0.1) is 6.92 Å². The van der Waals surface area contributed by atoms with E-state index in [0.717, 1.165) is 35.9 Å². The van der Waals surface area contributed by atoms with Crippen molar-refractivity contribution in [3.05, 3.63) is 75.8 Å². The van der Waals surface area contributed by atoms with E-state index >= 15 is 0 Å². The lowest BCUT2D eigenvalue weighted by molar-refractivity contribution is 0.0506. The highest BCUT2D eigenvalue weighted by molar-refractivity contribution is 5.94. The summed E-state index contributed by atoms with van der Waals surface area (Å²) in [4.78, 5) is 34.4. The molecule has 2 aromatic heterocycles. The van der Waals surface area contributed by atoms with Gasteiger partial charge in [-0.25, -0.2) is 0 Å². The number of hydrogen-bond donors (Lipinski definition) is 1. The molecular formula is C22H23N3O3. The summed E-state index contributed by atoms with van der Waals surface area (Å²) in [5.41, 5.74) is 2.85. The number of rotatable bonds is 5. The van der Waals surface area contributed by atoms with Crippen LogP contribution in [-0.2, 0) is 11.3 Å². The number of hydrogen-bond acceptors (Lipinski definition) is 4. The van der Waals surface area contributed by atoms with Crippen LogP contribution in [0.1, 0.15) is 34.3 Å². The zero-order valence-corrected chi connectivity index (χ0v) is 15.9. The molecular weight excluding hydrogens is 354 g/mol. The zero-order valence-electron chi connectivity index (χ0n) is 15.9. The molecule has 3 aromatic rings. The molecule has 1 fully saturated rings. The van der Waals surface area contributed by atoms with Gasteiger partial charge in [0.15, 0.2) is 0 Å².